The molecule has 3 rings (SSSR count). The van der Waals surface area contributed by atoms with Gasteiger partial charge < -0.3 is 10.1 Å². The summed E-state index contributed by atoms with van der Waals surface area (Å²) in [6.07, 6.45) is 3.38. The summed E-state index contributed by atoms with van der Waals surface area (Å²) in [6.45, 7) is 4.06. The van der Waals surface area contributed by atoms with E-state index in [2.05, 4.69) is 45.5 Å². The number of carbonyl (C=O) groups excluding carboxylic acids is 2. The Hall–Kier alpha value is -1.66. The van der Waals surface area contributed by atoms with Crippen LogP contribution >= 0.6 is 27.3 Å². The van der Waals surface area contributed by atoms with Gasteiger partial charge in [-0.3, -0.25) is 4.79 Å². The van der Waals surface area contributed by atoms with E-state index in [1.807, 2.05) is 13.0 Å². The number of carbonyl (C=O) groups is 2. The average molecular weight is 450 g/mol. The summed E-state index contributed by atoms with van der Waals surface area (Å²) in [6, 6.07) is 10.5. The Labute approximate surface area is 172 Å². The fraction of sp³-hybridized carbons (Fsp3) is 0.429. The van der Waals surface area contributed by atoms with E-state index in [0.717, 1.165) is 24.8 Å². The van der Waals surface area contributed by atoms with Gasteiger partial charge in [0.05, 0.1) is 17.0 Å². The molecule has 144 valence electrons. The molecule has 6 heteroatoms. The van der Waals surface area contributed by atoms with Gasteiger partial charge >= 0.3 is 5.97 Å². The van der Waals surface area contributed by atoms with Gasteiger partial charge in [0.15, 0.2) is 0 Å². The monoisotopic (exact) mass is 449 g/mol. The molecule has 1 aliphatic carbocycles. The van der Waals surface area contributed by atoms with E-state index in [1.165, 1.54) is 21.8 Å². The molecule has 2 atom stereocenters. The zero-order valence-electron chi connectivity index (χ0n) is 15.6. The Bertz CT molecular complexity index is 818. The highest BCUT2D eigenvalue weighted by atomic mass is 79.9. The number of anilines is 1. The molecule has 1 aliphatic rings. The molecule has 2 aromatic rings. The van der Waals surface area contributed by atoms with Gasteiger partial charge in [-0.1, -0.05) is 53.2 Å². The number of halogens is 1. The average Bonchev–Trinajstić information content (AvgIpc) is 3.05. The Morgan fingerprint density at radius 2 is 2.04 bits per heavy atom. The van der Waals surface area contributed by atoms with E-state index in [-0.39, 0.29) is 16.7 Å². The molecule has 0 saturated heterocycles. The van der Waals surface area contributed by atoms with E-state index in [4.69, 9.17) is 4.74 Å². The van der Waals surface area contributed by atoms with Crippen molar-refractivity contribution < 1.29 is 14.3 Å². The summed E-state index contributed by atoms with van der Waals surface area (Å²) in [4.78, 5) is 25.9. The number of amides is 1. The molecule has 0 radical (unpaired) electrons. The van der Waals surface area contributed by atoms with Crippen molar-refractivity contribution in [2.45, 2.75) is 50.3 Å². The predicted molar refractivity (Wildman–Crippen MR) is 113 cm³/mol. The van der Waals surface area contributed by atoms with Gasteiger partial charge in [-0.05, 0) is 49.7 Å². The lowest BCUT2D eigenvalue weighted by Crippen LogP contribution is -2.23. The Kier molecular flexibility index (Phi) is 6.71. The fourth-order valence-electron chi connectivity index (χ4n) is 3.48. The number of ether oxygens (including phenoxy) is 1. The maximum atomic E-state index is 12.6. The molecular formula is C21H24BrNO3S. The van der Waals surface area contributed by atoms with Crippen LogP contribution in [0.5, 0.6) is 0 Å². The quantitative estimate of drug-likeness (QED) is 0.480. The van der Waals surface area contributed by atoms with E-state index < -0.39 is 0 Å². The van der Waals surface area contributed by atoms with Gasteiger partial charge in [-0.15, -0.1) is 11.3 Å². The van der Waals surface area contributed by atoms with Gasteiger partial charge in [0.25, 0.3) is 0 Å². The molecule has 1 amide bonds. The molecule has 0 spiro atoms. The number of nitrogens with one attached hydrogen (secondary N) is 1. The van der Waals surface area contributed by atoms with Crippen LogP contribution in [0.2, 0.25) is 0 Å². The van der Waals surface area contributed by atoms with Crippen molar-refractivity contribution in [3.63, 3.8) is 0 Å². The second kappa shape index (κ2) is 9.02. The molecule has 1 heterocycles. The van der Waals surface area contributed by atoms with Crippen LogP contribution in [-0.4, -0.2) is 23.3 Å². The summed E-state index contributed by atoms with van der Waals surface area (Å²) in [5.41, 5.74) is 2.92. The van der Waals surface area contributed by atoms with Gasteiger partial charge in [-0.2, -0.15) is 0 Å². The summed E-state index contributed by atoms with van der Waals surface area (Å²) in [5, 5.41) is 3.56. The van der Waals surface area contributed by atoms with Crippen molar-refractivity contribution in [3.05, 3.63) is 51.9 Å². The molecule has 4 nitrogen and oxygen atoms in total. The number of fused-ring (bicyclic) bond motifs is 1. The van der Waals surface area contributed by atoms with Crippen molar-refractivity contribution in [2.75, 3.05) is 11.9 Å². The summed E-state index contributed by atoms with van der Waals surface area (Å²) >= 11 is 4.90. The first-order chi connectivity index (χ1) is 13.0. The number of hydrogen-bond donors (Lipinski definition) is 1. The van der Waals surface area contributed by atoms with Crippen LogP contribution in [0.25, 0.3) is 0 Å². The van der Waals surface area contributed by atoms with Crippen LogP contribution in [0, 0.1) is 0 Å². The number of esters is 1. The third-order valence-corrected chi connectivity index (χ3v) is 7.13. The lowest BCUT2D eigenvalue weighted by Gasteiger charge is -2.23. The van der Waals surface area contributed by atoms with Crippen molar-refractivity contribution in [1.29, 1.82) is 0 Å². The van der Waals surface area contributed by atoms with Gasteiger partial charge in [0.1, 0.15) is 5.00 Å². The molecule has 1 aromatic carbocycles. The van der Waals surface area contributed by atoms with Crippen molar-refractivity contribution in [2.24, 2.45) is 0 Å². The van der Waals surface area contributed by atoms with Gasteiger partial charge in [-0.25, -0.2) is 4.79 Å². The maximum absolute atomic E-state index is 12.6. The maximum Gasteiger partial charge on any atom is 0.341 e. The van der Waals surface area contributed by atoms with Crippen LogP contribution in [-0.2, 0) is 22.4 Å². The highest BCUT2D eigenvalue weighted by molar-refractivity contribution is 9.10. The molecule has 0 saturated carbocycles. The zero-order chi connectivity index (χ0) is 19.4. The first-order valence-electron chi connectivity index (χ1n) is 9.36. The highest BCUT2D eigenvalue weighted by Crippen LogP contribution is 2.43. The standard InChI is InChI=1S/C21H24BrNO3S/c1-3-16(22)19(24)23-20-18(21(25)26-4-2)15-11-10-14(12-17(15)27-20)13-8-6-5-7-9-13/h5-9,14,16H,3-4,10-12H2,1-2H3,(H,23,24)/t14-,16-/m0/s1. The molecule has 0 unspecified atom stereocenters. The van der Waals surface area contributed by atoms with Crippen LogP contribution in [0.1, 0.15) is 59.0 Å². The van der Waals surface area contributed by atoms with Crippen LogP contribution in [0.15, 0.2) is 30.3 Å². The normalized spacial score (nSPS) is 17.1. The second-order valence-corrected chi connectivity index (χ2v) is 8.85. The molecule has 1 aromatic heterocycles. The number of hydrogen-bond acceptors (Lipinski definition) is 4. The van der Waals surface area contributed by atoms with Gasteiger partial charge in [0, 0.05) is 4.88 Å². The van der Waals surface area contributed by atoms with Crippen molar-refractivity contribution in [3.8, 4) is 0 Å². The van der Waals surface area contributed by atoms with Gasteiger partial charge in [0.2, 0.25) is 5.91 Å². The molecule has 0 fully saturated rings. The molecule has 27 heavy (non-hydrogen) atoms. The third kappa shape index (κ3) is 4.43. The van der Waals surface area contributed by atoms with Crippen molar-refractivity contribution in [1.82, 2.24) is 0 Å². The fourth-order valence-corrected chi connectivity index (χ4v) is 4.91. The topological polar surface area (TPSA) is 55.4 Å². The largest absolute Gasteiger partial charge is 0.462 e. The lowest BCUT2D eigenvalue weighted by molar-refractivity contribution is -0.115. The van der Waals surface area contributed by atoms with E-state index in [0.29, 0.717) is 29.5 Å². The van der Waals surface area contributed by atoms with E-state index in [9.17, 15) is 9.59 Å². The molecule has 1 N–H and O–H groups in total. The second-order valence-electron chi connectivity index (χ2n) is 6.64. The Balaban J connectivity index is 1.92. The number of alkyl halides is 1. The third-order valence-electron chi connectivity index (χ3n) is 4.90. The van der Waals surface area contributed by atoms with Crippen LogP contribution < -0.4 is 5.32 Å². The first kappa shape index (κ1) is 20.1. The lowest BCUT2D eigenvalue weighted by atomic mass is 9.83. The number of benzene rings is 1. The number of thiophene rings is 1. The van der Waals surface area contributed by atoms with Crippen LogP contribution in [0.3, 0.4) is 0 Å². The summed E-state index contributed by atoms with van der Waals surface area (Å²) < 4.78 is 5.28. The minimum Gasteiger partial charge on any atom is -0.462 e. The predicted octanol–water partition coefficient (Wildman–Crippen LogP) is 5.31. The summed E-state index contributed by atoms with van der Waals surface area (Å²) in [5.74, 6) is -0.0251. The molecular weight excluding hydrogens is 426 g/mol. The van der Waals surface area contributed by atoms with E-state index in [1.54, 1.807) is 6.92 Å². The molecule has 0 bridgehead atoms. The minimum atomic E-state index is -0.342. The van der Waals surface area contributed by atoms with E-state index >= 15 is 0 Å². The zero-order valence-corrected chi connectivity index (χ0v) is 18.0. The minimum absolute atomic E-state index is 0.124. The molecule has 0 aliphatic heterocycles. The number of rotatable bonds is 6. The summed E-state index contributed by atoms with van der Waals surface area (Å²) in [7, 11) is 0. The van der Waals surface area contributed by atoms with Crippen molar-refractivity contribution >= 4 is 44.1 Å². The first-order valence-corrected chi connectivity index (χ1v) is 11.1. The van der Waals surface area contributed by atoms with Crippen LogP contribution in [0.4, 0.5) is 5.00 Å². The highest BCUT2D eigenvalue weighted by Gasteiger charge is 2.31. The SMILES string of the molecule is CCOC(=O)c1c(NC(=O)[C@@H](Br)CC)sc2c1CC[C@H](c1ccccc1)C2. The Morgan fingerprint density at radius 1 is 1.30 bits per heavy atom. The Morgan fingerprint density at radius 3 is 2.70 bits per heavy atom. The smallest absolute Gasteiger partial charge is 0.341 e.